The molecule has 0 aromatic rings. The summed E-state index contributed by atoms with van der Waals surface area (Å²) in [7, 11) is 2.11. The molecule has 6 heteroatoms. The molecule has 1 fully saturated rings. The number of hydrogen-bond donors (Lipinski definition) is 3. The van der Waals surface area contributed by atoms with Gasteiger partial charge in [0, 0.05) is 13.1 Å². The van der Waals surface area contributed by atoms with Crippen LogP contribution in [0.4, 0.5) is 4.79 Å². The van der Waals surface area contributed by atoms with Crippen LogP contribution >= 0.6 is 0 Å². The van der Waals surface area contributed by atoms with Crippen LogP contribution in [0.1, 0.15) is 26.7 Å². The first-order valence-corrected chi connectivity index (χ1v) is 7.33. The molecule has 1 saturated heterocycles. The zero-order chi connectivity index (χ0) is 15.1. The zero-order valence-electron chi connectivity index (χ0n) is 12.7. The molecular weight excluding hydrogens is 258 g/mol. The first-order chi connectivity index (χ1) is 9.40. The molecule has 0 aliphatic carbocycles. The van der Waals surface area contributed by atoms with Crippen molar-refractivity contribution in [3.8, 4) is 0 Å². The van der Waals surface area contributed by atoms with Crippen molar-refractivity contribution in [3.05, 3.63) is 0 Å². The van der Waals surface area contributed by atoms with E-state index < -0.39 is 11.9 Å². The van der Waals surface area contributed by atoms with E-state index in [4.69, 9.17) is 5.11 Å². The second kappa shape index (κ2) is 8.09. The SMILES string of the molecule is CC(C)C(CNC(=O)NCC1CCN(C)CC1)C(=O)O. The van der Waals surface area contributed by atoms with Crippen molar-refractivity contribution in [2.45, 2.75) is 26.7 Å². The molecule has 1 aliphatic heterocycles. The third-order valence-corrected chi connectivity index (χ3v) is 3.99. The van der Waals surface area contributed by atoms with E-state index in [-0.39, 0.29) is 18.5 Å². The summed E-state index contributed by atoms with van der Waals surface area (Å²) in [6.45, 7) is 6.67. The molecule has 0 spiro atoms. The molecule has 2 amide bonds. The van der Waals surface area contributed by atoms with Crippen LogP contribution in [-0.4, -0.2) is 55.2 Å². The van der Waals surface area contributed by atoms with E-state index in [1.807, 2.05) is 13.8 Å². The minimum Gasteiger partial charge on any atom is -0.481 e. The molecule has 0 saturated carbocycles. The molecule has 0 radical (unpaired) electrons. The molecule has 1 unspecified atom stereocenters. The van der Waals surface area contributed by atoms with E-state index in [0.717, 1.165) is 25.9 Å². The highest BCUT2D eigenvalue weighted by Gasteiger charge is 2.22. The number of amides is 2. The summed E-state index contributed by atoms with van der Waals surface area (Å²) in [5, 5.41) is 14.5. The lowest BCUT2D eigenvalue weighted by Gasteiger charge is -2.29. The summed E-state index contributed by atoms with van der Waals surface area (Å²) in [5.74, 6) is -0.876. The van der Waals surface area contributed by atoms with Crippen LogP contribution in [0.5, 0.6) is 0 Å². The lowest BCUT2D eigenvalue weighted by molar-refractivity contribution is -0.142. The van der Waals surface area contributed by atoms with Crippen LogP contribution in [0.15, 0.2) is 0 Å². The molecule has 116 valence electrons. The molecule has 0 aromatic carbocycles. The van der Waals surface area contributed by atoms with E-state index in [0.29, 0.717) is 12.5 Å². The number of carbonyl (C=O) groups excluding carboxylic acids is 1. The van der Waals surface area contributed by atoms with Gasteiger partial charge in [-0.3, -0.25) is 4.79 Å². The molecule has 0 bridgehead atoms. The second-order valence-corrected chi connectivity index (χ2v) is 6.03. The van der Waals surface area contributed by atoms with Crippen molar-refractivity contribution in [2.24, 2.45) is 17.8 Å². The number of rotatable bonds is 6. The lowest BCUT2D eigenvalue weighted by Crippen LogP contribution is -2.44. The maximum Gasteiger partial charge on any atom is 0.314 e. The van der Waals surface area contributed by atoms with E-state index in [2.05, 4.69) is 22.6 Å². The number of hydrogen-bond acceptors (Lipinski definition) is 3. The summed E-state index contributed by atoms with van der Waals surface area (Å²) in [4.78, 5) is 25.0. The van der Waals surface area contributed by atoms with Crippen LogP contribution in [0.3, 0.4) is 0 Å². The number of nitrogens with zero attached hydrogens (tertiary/aromatic N) is 1. The van der Waals surface area contributed by atoms with Crippen LogP contribution < -0.4 is 10.6 Å². The Kier molecular flexibility index (Phi) is 6.78. The van der Waals surface area contributed by atoms with Gasteiger partial charge in [-0.15, -0.1) is 0 Å². The fourth-order valence-corrected chi connectivity index (χ4v) is 2.38. The number of carboxylic acids is 1. The monoisotopic (exact) mass is 285 g/mol. The summed E-state index contributed by atoms with van der Waals surface area (Å²) >= 11 is 0. The van der Waals surface area contributed by atoms with E-state index >= 15 is 0 Å². The molecule has 1 heterocycles. The Hall–Kier alpha value is -1.30. The van der Waals surface area contributed by atoms with E-state index in [9.17, 15) is 9.59 Å². The van der Waals surface area contributed by atoms with Gasteiger partial charge in [0.1, 0.15) is 0 Å². The minimum atomic E-state index is -0.865. The van der Waals surface area contributed by atoms with Crippen molar-refractivity contribution in [1.29, 1.82) is 0 Å². The Morgan fingerprint density at radius 1 is 1.25 bits per heavy atom. The Balaban J connectivity index is 2.21. The summed E-state index contributed by atoms with van der Waals surface area (Å²) in [6.07, 6.45) is 2.20. The average molecular weight is 285 g/mol. The van der Waals surface area contributed by atoms with E-state index in [1.54, 1.807) is 0 Å². The number of aliphatic carboxylic acids is 1. The average Bonchev–Trinajstić information content (AvgIpc) is 2.37. The molecule has 20 heavy (non-hydrogen) atoms. The number of likely N-dealkylation sites (tertiary alicyclic amines) is 1. The first-order valence-electron chi connectivity index (χ1n) is 7.33. The number of urea groups is 1. The van der Waals surface area contributed by atoms with Crippen molar-refractivity contribution >= 4 is 12.0 Å². The number of carboxylic acid groups (broad SMARTS) is 1. The van der Waals surface area contributed by atoms with Crippen LogP contribution in [0.2, 0.25) is 0 Å². The fraction of sp³-hybridized carbons (Fsp3) is 0.857. The largest absolute Gasteiger partial charge is 0.481 e. The Labute approximate surface area is 120 Å². The van der Waals surface area contributed by atoms with Gasteiger partial charge in [0.2, 0.25) is 0 Å². The van der Waals surface area contributed by atoms with Crippen molar-refractivity contribution in [1.82, 2.24) is 15.5 Å². The molecule has 1 aliphatic rings. The van der Waals surface area contributed by atoms with Gasteiger partial charge in [0.05, 0.1) is 5.92 Å². The minimum absolute atomic E-state index is 0.00156. The quantitative estimate of drug-likeness (QED) is 0.679. The number of nitrogens with one attached hydrogen (secondary N) is 2. The summed E-state index contributed by atoms with van der Waals surface area (Å²) in [5.41, 5.74) is 0. The zero-order valence-corrected chi connectivity index (χ0v) is 12.7. The Morgan fingerprint density at radius 3 is 2.35 bits per heavy atom. The third kappa shape index (κ3) is 5.77. The Bertz CT molecular complexity index is 326. The van der Waals surface area contributed by atoms with Gasteiger partial charge in [-0.05, 0) is 44.8 Å². The molecular formula is C14H27N3O3. The van der Waals surface area contributed by atoms with E-state index in [1.165, 1.54) is 0 Å². The highest BCUT2D eigenvalue weighted by atomic mass is 16.4. The third-order valence-electron chi connectivity index (χ3n) is 3.99. The summed E-state index contributed by atoms with van der Waals surface area (Å²) < 4.78 is 0. The van der Waals surface area contributed by atoms with Crippen LogP contribution in [-0.2, 0) is 4.79 Å². The van der Waals surface area contributed by atoms with Crippen molar-refractivity contribution in [3.63, 3.8) is 0 Å². The summed E-state index contributed by atoms with van der Waals surface area (Å²) in [6, 6.07) is -0.268. The second-order valence-electron chi connectivity index (χ2n) is 6.03. The first kappa shape index (κ1) is 16.8. The van der Waals surface area contributed by atoms with Gasteiger partial charge >= 0.3 is 12.0 Å². The topological polar surface area (TPSA) is 81.7 Å². The lowest BCUT2D eigenvalue weighted by atomic mass is 9.96. The predicted molar refractivity (Wildman–Crippen MR) is 77.6 cm³/mol. The normalized spacial score (nSPS) is 18.8. The number of piperidine rings is 1. The highest BCUT2D eigenvalue weighted by Crippen LogP contribution is 2.14. The van der Waals surface area contributed by atoms with Crippen LogP contribution in [0, 0.1) is 17.8 Å². The Morgan fingerprint density at radius 2 is 1.85 bits per heavy atom. The standard InChI is InChI=1S/C14H27N3O3/c1-10(2)12(13(18)19)9-16-14(20)15-8-11-4-6-17(3)7-5-11/h10-12H,4-9H2,1-3H3,(H,18,19)(H2,15,16,20). The van der Waals surface area contributed by atoms with Gasteiger partial charge in [0.25, 0.3) is 0 Å². The van der Waals surface area contributed by atoms with Gasteiger partial charge in [0.15, 0.2) is 0 Å². The fourth-order valence-electron chi connectivity index (χ4n) is 2.38. The van der Waals surface area contributed by atoms with Gasteiger partial charge in [-0.2, -0.15) is 0 Å². The predicted octanol–water partition coefficient (Wildman–Crippen LogP) is 0.984. The van der Waals surface area contributed by atoms with Crippen molar-refractivity contribution in [2.75, 3.05) is 33.2 Å². The van der Waals surface area contributed by atoms with Gasteiger partial charge < -0.3 is 20.6 Å². The maximum absolute atomic E-state index is 11.7. The highest BCUT2D eigenvalue weighted by molar-refractivity contribution is 5.75. The van der Waals surface area contributed by atoms with Crippen molar-refractivity contribution < 1.29 is 14.7 Å². The molecule has 1 atom stereocenters. The van der Waals surface area contributed by atoms with Crippen LogP contribution in [0.25, 0.3) is 0 Å². The number of carbonyl (C=O) groups is 2. The van der Waals surface area contributed by atoms with Gasteiger partial charge in [-0.1, -0.05) is 13.8 Å². The molecule has 0 aromatic heterocycles. The molecule has 1 rings (SSSR count). The molecule has 6 nitrogen and oxygen atoms in total. The maximum atomic E-state index is 11.7. The van der Waals surface area contributed by atoms with Gasteiger partial charge in [-0.25, -0.2) is 4.79 Å². The molecule has 3 N–H and O–H groups in total. The smallest absolute Gasteiger partial charge is 0.314 e.